The predicted molar refractivity (Wildman–Crippen MR) is 89.7 cm³/mol. The molecule has 2 heterocycles. The van der Waals surface area contributed by atoms with Gasteiger partial charge in [0.05, 0.1) is 13.2 Å². The highest BCUT2D eigenvalue weighted by molar-refractivity contribution is 5.92. The molecule has 2 aromatic rings. The zero-order valence-corrected chi connectivity index (χ0v) is 14.0. The number of nitrogens with zero attached hydrogens (tertiary/aromatic N) is 2. The number of benzene rings is 1. The Morgan fingerprint density at radius 1 is 1.46 bits per heavy atom. The molecule has 1 aliphatic rings. The topological polar surface area (TPSA) is 89.3 Å². The van der Waals surface area contributed by atoms with E-state index in [1.54, 1.807) is 0 Å². The molecule has 2 N–H and O–H groups in total. The van der Waals surface area contributed by atoms with Gasteiger partial charge in [-0.3, -0.25) is 4.79 Å². The van der Waals surface area contributed by atoms with Crippen molar-refractivity contribution in [3.05, 3.63) is 29.6 Å². The van der Waals surface area contributed by atoms with Gasteiger partial charge in [-0.1, -0.05) is 18.1 Å². The first-order valence-corrected chi connectivity index (χ1v) is 8.20. The van der Waals surface area contributed by atoms with E-state index in [0.717, 1.165) is 29.8 Å². The van der Waals surface area contributed by atoms with Crippen LogP contribution in [-0.4, -0.2) is 41.8 Å². The van der Waals surface area contributed by atoms with Crippen LogP contribution in [0.1, 0.15) is 24.7 Å². The van der Waals surface area contributed by atoms with Gasteiger partial charge in [0.25, 0.3) is 5.89 Å². The second kappa shape index (κ2) is 7.55. The van der Waals surface area contributed by atoms with E-state index < -0.39 is 0 Å². The predicted octanol–water partition coefficient (Wildman–Crippen LogP) is 1.92. The first-order valence-electron chi connectivity index (χ1n) is 8.20. The Balaban J connectivity index is 1.70. The maximum atomic E-state index is 12.3. The van der Waals surface area contributed by atoms with Gasteiger partial charge in [0.2, 0.25) is 5.91 Å². The van der Waals surface area contributed by atoms with Crippen LogP contribution in [0.5, 0.6) is 0 Å². The number of hydrogen-bond acceptors (Lipinski definition) is 6. The molecule has 0 aliphatic carbocycles. The minimum Gasteiger partial charge on any atom is -0.378 e. The molecule has 0 radical (unpaired) electrons. The van der Waals surface area contributed by atoms with Crippen LogP contribution in [0, 0.1) is 6.92 Å². The monoisotopic (exact) mass is 330 g/mol. The zero-order valence-electron chi connectivity index (χ0n) is 14.0. The summed E-state index contributed by atoms with van der Waals surface area (Å²) in [6.07, 6.45) is 1.10. The van der Waals surface area contributed by atoms with Crippen LogP contribution in [0.15, 0.2) is 22.7 Å². The van der Waals surface area contributed by atoms with Gasteiger partial charge in [-0.2, -0.15) is 4.98 Å². The number of rotatable bonds is 5. The molecule has 1 unspecified atom stereocenters. The van der Waals surface area contributed by atoms with Crippen LogP contribution in [0.3, 0.4) is 0 Å². The maximum absolute atomic E-state index is 12.3. The molecule has 128 valence electrons. The fraction of sp³-hybridized carbons (Fsp3) is 0.471. The maximum Gasteiger partial charge on any atom is 0.257 e. The van der Waals surface area contributed by atoms with Gasteiger partial charge < -0.3 is 19.9 Å². The second-order valence-electron chi connectivity index (χ2n) is 5.88. The SMILES string of the molecule is CCc1noc(-c2ccc(C)c(NC(=O)CC3COCCN3)c2)n1. The number of morpholine rings is 1. The van der Waals surface area contributed by atoms with Crippen molar-refractivity contribution in [2.45, 2.75) is 32.7 Å². The number of aryl methyl sites for hydroxylation is 2. The van der Waals surface area contributed by atoms with E-state index in [1.165, 1.54) is 0 Å². The summed E-state index contributed by atoms with van der Waals surface area (Å²) in [7, 11) is 0. The average Bonchev–Trinajstić information content (AvgIpc) is 3.07. The van der Waals surface area contributed by atoms with Crippen molar-refractivity contribution < 1.29 is 14.1 Å². The third-order valence-electron chi connectivity index (χ3n) is 3.97. The fourth-order valence-corrected chi connectivity index (χ4v) is 2.58. The van der Waals surface area contributed by atoms with E-state index in [-0.39, 0.29) is 11.9 Å². The first kappa shape index (κ1) is 16.6. The van der Waals surface area contributed by atoms with Gasteiger partial charge in [0, 0.05) is 36.7 Å². The summed E-state index contributed by atoms with van der Waals surface area (Å²) in [5, 5.41) is 10.1. The van der Waals surface area contributed by atoms with Crippen LogP contribution in [0.4, 0.5) is 5.69 Å². The molecule has 1 aromatic carbocycles. The molecule has 1 amide bonds. The fourth-order valence-electron chi connectivity index (χ4n) is 2.58. The highest BCUT2D eigenvalue weighted by Gasteiger charge is 2.18. The van der Waals surface area contributed by atoms with Crippen LogP contribution in [-0.2, 0) is 16.0 Å². The number of hydrogen-bond donors (Lipinski definition) is 2. The molecule has 1 atom stereocenters. The molecule has 1 fully saturated rings. The quantitative estimate of drug-likeness (QED) is 0.871. The van der Waals surface area contributed by atoms with Crippen molar-refractivity contribution in [2.75, 3.05) is 25.1 Å². The van der Waals surface area contributed by atoms with Crippen LogP contribution in [0.25, 0.3) is 11.5 Å². The molecule has 7 heteroatoms. The highest BCUT2D eigenvalue weighted by Crippen LogP contribution is 2.24. The molecule has 0 bridgehead atoms. The summed E-state index contributed by atoms with van der Waals surface area (Å²) >= 11 is 0. The molecule has 1 aliphatic heterocycles. The molecule has 24 heavy (non-hydrogen) atoms. The van der Waals surface area contributed by atoms with Crippen molar-refractivity contribution >= 4 is 11.6 Å². The van der Waals surface area contributed by atoms with E-state index >= 15 is 0 Å². The normalized spacial score (nSPS) is 17.7. The number of ether oxygens (including phenoxy) is 1. The number of aromatic nitrogens is 2. The standard InChI is InChI=1S/C17H22N4O3/c1-3-15-20-17(24-21-15)12-5-4-11(2)14(8-12)19-16(22)9-13-10-23-7-6-18-13/h4-5,8,13,18H,3,6-7,9-10H2,1-2H3,(H,19,22). The lowest BCUT2D eigenvalue weighted by atomic mass is 10.1. The lowest BCUT2D eigenvalue weighted by Crippen LogP contribution is -2.43. The smallest absolute Gasteiger partial charge is 0.257 e. The van der Waals surface area contributed by atoms with Crippen molar-refractivity contribution in [3.8, 4) is 11.5 Å². The lowest BCUT2D eigenvalue weighted by molar-refractivity contribution is -0.117. The lowest BCUT2D eigenvalue weighted by Gasteiger charge is -2.23. The van der Waals surface area contributed by atoms with Crippen LogP contribution in [0.2, 0.25) is 0 Å². The molecule has 0 spiro atoms. The summed E-state index contributed by atoms with van der Waals surface area (Å²) in [5.74, 6) is 1.09. The van der Waals surface area contributed by atoms with E-state index in [2.05, 4.69) is 20.8 Å². The van der Waals surface area contributed by atoms with E-state index in [1.807, 2.05) is 32.0 Å². The summed E-state index contributed by atoms with van der Waals surface area (Å²) in [5.41, 5.74) is 2.53. The number of nitrogens with one attached hydrogen (secondary N) is 2. The molecular weight excluding hydrogens is 308 g/mol. The summed E-state index contributed by atoms with van der Waals surface area (Å²) in [6, 6.07) is 5.77. The van der Waals surface area contributed by atoms with Gasteiger partial charge in [-0.05, 0) is 24.6 Å². The Hall–Kier alpha value is -2.25. The zero-order chi connectivity index (χ0) is 16.9. The van der Waals surface area contributed by atoms with Crippen LogP contribution < -0.4 is 10.6 Å². The van der Waals surface area contributed by atoms with Gasteiger partial charge in [0.15, 0.2) is 5.82 Å². The number of carbonyl (C=O) groups excluding carboxylic acids is 1. The minimum atomic E-state index is -0.0435. The molecular formula is C17H22N4O3. The molecule has 7 nitrogen and oxygen atoms in total. The summed E-state index contributed by atoms with van der Waals surface area (Å²) in [6.45, 7) is 5.96. The van der Waals surface area contributed by atoms with E-state index in [9.17, 15) is 4.79 Å². The van der Waals surface area contributed by atoms with Crippen molar-refractivity contribution in [2.24, 2.45) is 0 Å². The molecule has 1 aromatic heterocycles. The highest BCUT2D eigenvalue weighted by atomic mass is 16.5. The van der Waals surface area contributed by atoms with Gasteiger partial charge in [0.1, 0.15) is 0 Å². The molecule has 1 saturated heterocycles. The minimum absolute atomic E-state index is 0.0435. The van der Waals surface area contributed by atoms with Crippen molar-refractivity contribution in [1.82, 2.24) is 15.5 Å². The third-order valence-corrected chi connectivity index (χ3v) is 3.97. The molecule has 0 saturated carbocycles. The Labute approximate surface area is 140 Å². The largest absolute Gasteiger partial charge is 0.378 e. The van der Waals surface area contributed by atoms with Crippen molar-refractivity contribution in [3.63, 3.8) is 0 Å². The van der Waals surface area contributed by atoms with Gasteiger partial charge in [-0.25, -0.2) is 0 Å². The Bertz CT molecular complexity index is 708. The van der Waals surface area contributed by atoms with Crippen molar-refractivity contribution in [1.29, 1.82) is 0 Å². The molecule has 3 rings (SSSR count). The Morgan fingerprint density at radius 3 is 3.04 bits per heavy atom. The van der Waals surface area contributed by atoms with E-state index in [4.69, 9.17) is 9.26 Å². The number of amides is 1. The number of carbonyl (C=O) groups is 1. The average molecular weight is 330 g/mol. The van der Waals surface area contributed by atoms with Crippen LogP contribution >= 0.6 is 0 Å². The van der Waals surface area contributed by atoms with Gasteiger partial charge in [-0.15, -0.1) is 0 Å². The van der Waals surface area contributed by atoms with E-state index in [0.29, 0.717) is 31.3 Å². The summed E-state index contributed by atoms with van der Waals surface area (Å²) in [4.78, 5) is 16.6. The Morgan fingerprint density at radius 2 is 2.33 bits per heavy atom. The third kappa shape index (κ3) is 3.98. The van der Waals surface area contributed by atoms with Gasteiger partial charge >= 0.3 is 0 Å². The summed E-state index contributed by atoms with van der Waals surface area (Å²) < 4.78 is 10.6. The first-order chi connectivity index (χ1) is 11.7. The Kier molecular flexibility index (Phi) is 5.22. The second-order valence-corrected chi connectivity index (χ2v) is 5.88. The number of anilines is 1.